The monoisotopic (exact) mass is 284 g/mol. The van der Waals surface area contributed by atoms with Gasteiger partial charge in [0.05, 0.1) is 25.9 Å². The number of anilines is 1. The number of hydrogen-bond acceptors (Lipinski definition) is 5. The molecule has 0 atom stereocenters. The van der Waals surface area contributed by atoms with Gasteiger partial charge in [-0.25, -0.2) is 0 Å². The van der Waals surface area contributed by atoms with Crippen molar-refractivity contribution >= 4 is 5.69 Å². The van der Waals surface area contributed by atoms with Crippen LogP contribution in [0.25, 0.3) is 0 Å². The van der Waals surface area contributed by atoms with Crippen LogP contribution in [0.1, 0.15) is 11.1 Å². The van der Waals surface area contributed by atoms with Gasteiger partial charge in [0.25, 0.3) is 0 Å². The fourth-order valence-corrected chi connectivity index (χ4v) is 1.90. The maximum absolute atomic E-state index is 8.87. The molecule has 2 rings (SSSR count). The van der Waals surface area contributed by atoms with Crippen LogP contribution in [0, 0.1) is 11.3 Å². The van der Waals surface area contributed by atoms with E-state index in [4.69, 9.17) is 25.2 Å². The van der Waals surface area contributed by atoms with Crippen LogP contribution in [0.2, 0.25) is 0 Å². The van der Waals surface area contributed by atoms with E-state index in [0.29, 0.717) is 35.1 Å². The van der Waals surface area contributed by atoms with Crippen LogP contribution in [0.5, 0.6) is 17.2 Å². The molecule has 108 valence electrons. The molecular formula is C16H16N2O3. The maximum atomic E-state index is 8.87. The first-order valence-electron chi connectivity index (χ1n) is 6.30. The Morgan fingerprint density at radius 2 is 1.86 bits per heavy atom. The molecule has 0 unspecified atom stereocenters. The predicted octanol–water partition coefficient (Wildman–Crippen LogP) is 2.74. The molecular weight excluding hydrogens is 268 g/mol. The third-order valence-electron chi connectivity index (χ3n) is 2.91. The Hall–Kier alpha value is -2.87. The van der Waals surface area contributed by atoms with Gasteiger partial charge in [-0.3, -0.25) is 0 Å². The first-order chi connectivity index (χ1) is 10.2. The lowest BCUT2D eigenvalue weighted by atomic mass is 10.2. The number of rotatable bonds is 5. The molecule has 5 heteroatoms. The summed E-state index contributed by atoms with van der Waals surface area (Å²) >= 11 is 0. The van der Waals surface area contributed by atoms with E-state index in [1.165, 1.54) is 7.11 Å². The summed E-state index contributed by atoms with van der Waals surface area (Å²) in [7, 11) is 3.12. The van der Waals surface area contributed by atoms with Crippen molar-refractivity contribution in [1.29, 1.82) is 5.26 Å². The smallest absolute Gasteiger partial charge is 0.162 e. The van der Waals surface area contributed by atoms with Gasteiger partial charge in [0.2, 0.25) is 0 Å². The van der Waals surface area contributed by atoms with E-state index >= 15 is 0 Å². The van der Waals surface area contributed by atoms with Crippen molar-refractivity contribution in [3.8, 4) is 23.3 Å². The number of benzene rings is 2. The molecule has 0 fully saturated rings. The van der Waals surface area contributed by atoms with Crippen molar-refractivity contribution in [2.24, 2.45) is 0 Å². The fourth-order valence-electron chi connectivity index (χ4n) is 1.90. The normalized spacial score (nSPS) is 9.76. The van der Waals surface area contributed by atoms with Crippen molar-refractivity contribution in [2.75, 3.05) is 20.0 Å². The molecule has 0 aliphatic carbocycles. The molecule has 0 aliphatic heterocycles. The van der Waals surface area contributed by atoms with E-state index in [2.05, 4.69) is 6.07 Å². The summed E-state index contributed by atoms with van der Waals surface area (Å²) in [4.78, 5) is 0. The highest BCUT2D eigenvalue weighted by molar-refractivity contribution is 5.49. The molecule has 2 aromatic rings. The van der Waals surface area contributed by atoms with Crippen LogP contribution in [0.3, 0.4) is 0 Å². The van der Waals surface area contributed by atoms with Crippen molar-refractivity contribution in [3.63, 3.8) is 0 Å². The second-order valence-electron chi connectivity index (χ2n) is 4.38. The quantitative estimate of drug-likeness (QED) is 0.854. The minimum Gasteiger partial charge on any atom is -0.497 e. The molecule has 2 aromatic carbocycles. The van der Waals surface area contributed by atoms with Gasteiger partial charge in [0.1, 0.15) is 12.4 Å². The molecule has 0 saturated heterocycles. The Morgan fingerprint density at radius 1 is 1.05 bits per heavy atom. The Bertz CT molecular complexity index is 678. The number of nitrogen functional groups attached to an aromatic ring is 1. The van der Waals surface area contributed by atoms with E-state index in [0.717, 1.165) is 5.56 Å². The molecule has 0 spiro atoms. The van der Waals surface area contributed by atoms with Crippen molar-refractivity contribution in [3.05, 3.63) is 47.5 Å². The average Bonchev–Trinajstić information content (AvgIpc) is 2.52. The van der Waals surface area contributed by atoms with Crippen LogP contribution in [0.15, 0.2) is 36.4 Å². The van der Waals surface area contributed by atoms with Gasteiger partial charge in [0, 0.05) is 17.8 Å². The standard InChI is InChI=1S/C16H16N2O3/c1-19-14-6-12(5-13(18)8-14)10-21-15-4-3-11(9-17)7-16(15)20-2/h3-8H,10,18H2,1-2H3. The highest BCUT2D eigenvalue weighted by Crippen LogP contribution is 2.29. The first kappa shape index (κ1) is 14.5. The van der Waals surface area contributed by atoms with Crippen LogP contribution in [0.4, 0.5) is 5.69 Å². The van der Waals surface area contributed by atoms with Gasteiger partial charge in [-0.05, 0) is 29.8 Å². The first-order valence-corrected chi connectivity index (χ1v) is 6.30. The second kappa shape index (κ2) is 6.53. The molecule has 0 aromatic heterocycles. The van der Waals surface area contributed by atoms with Crippen LogP contribution >= 0.6 is 0 Å². The molecule has 5 nitrogen and oxygen atoms in total. The third-order valence-corrected chi connectivity index (χ3v) is 2.91. The number of nitrogens with two attached hydrogens (primary N) is 1. The molecule has 0 aliphatic rings. The fraction of sp³-hybridized carbons (Fsp3) is 0.188. The summed E-state index contributed by atoms with van der Waals surface area (Å²) < 4.78 is 16.1. The predicted molar refractivity (Wildman–Crippen MR) is 79.4 cm³/mol. The third kappa shape index (κ3) is 3.57. The van der Waals surface area contributed by atoms with Gasteiger partial charge in [0.15, 0.2) is 11.5 Å². The summed E-state index contributed by atoms with van der Waals surface area (Å²) in [6.07, 6.45) is 0. The van der Waals surface area contributed by atoms with Gasteiger partial charge < -0.3 is 19.9 Å². The zero-order valence-corrected chi connectivity index (χ0v) is 11.9. The van der Waals surface area contributed by atoms with Gasteiger partial charge in [-0.1, -0.05) is 0 Å². The summed E-state index contributed by atoms with van der Waals surface area (Å²) in [5.74, 6) is 1.77. The lowest BCUT2D eigenvalue weighted by Crippen LogP contribution is -2.00. The number of nitrogens with zero attached hydrogens (tertiary/aromatic N) is 1. The van der Waals surface area contributed by atoms with E-state index < -0.39 is 0 Å². The molecule has 2 N–H and O–H groups in total. The molecule has 0 amide bonds. The largest absolute Gasteiger partial charge is 0.497 e. The number of methoxy groups -OCH3 is 2. The van der Waals surface area contributed by atoms with Crippen molar-refractivity contribution in [2.45, 2.75) is 6.61 Å². The molecule has 0 heterocycles. The SMILES string of the molecule is COc1cc(N)cc(COc2ccc(C#N)cc2OC)c1. The minimum atomic E-state index is 0.323. The zero-order valence-electron chi connectivity index (χ0n) is 11.9. The van der Waals surface area contributed by atoms with E-state index in [9.17, 15) is 0 Å². The summed E-state index contributed by atoms with van der Waals surface area (Å²) in [6.45, 7) is 0.323. The average molecular weight is 284 g/mol. The van der Waals surface area contributed by atoms with E-state index in [1.54, 1.807) is 31.4 Å². The number of nitriles is 1. The lowest BCUT2D eigenvalue weighted by molar-refractivity contribution is 0.284. The Morgan fingerprint density at radius 3 is 2.52 bits per heavy atom. The lowest BCUT2D eigenvalue weighted by Gasteiger charge is -2.12. The molecule has 21 heavy (non-hydrogen) atoms. The molecule has 0 saturated carbocycles. The van der Waals surface area contributed by atoms with E-state index in [1.807, 2.05) is 12.1 Å². The summed E-state index contributed by atoms with van der Waals surface area (Å²) in [5.41, 5.74) is 7.82. The molecule has 0 radical (unpaired) electrons. The number of hydrogen-bond donors (Lipinski definition) is 1. The Labute approximate surface area is 123 Å². The molecule has 0 bridgehead atoms. The summed E-state index contributed by atoms with van der Waals surface area (Å²) in [5, 5.41) is 8.87. The van der Waals surface area contributed by atoms with Crippen LogP contribution in [-0.4, -0.2) is 14.2 Å². The number of ether oxygens (including phenoxy) is 3. The highest BCUT2D eigenvalue weighted by Gasteiger charge is 2.07. The Kier molecular flexibility index (Phi) is 4.52. The van der Waals surface area contributed by atoms with Crippen LogP contribution in [-0.2, 0) is 6.61 Å². The minimum absolute atomic E-state index is 0.323. The second-order valence-corrected chi connectivity index (χ2v) is 4.38. The highest BCUT2D eigenvalue weighted by atomic mass is 16.5. The van der Waals surface area contributed by atoms with E-state index in [-0.39, 0.29) is 0 Å². The Balaban J connectivity index is 2.16. The zero-order chi connectivity index (χ0) is 15.2. The van der Waals surface area contributed by atoms with Gasteiger partial charge in [-0.15, -0.1) is 0 Å². The van der Waals surface area contributed by atoms with Gasteiger partial charge >= 0.3 is 0 Å². The topological polar surface area (TPSA) is 77.5 Å². The summed E-state index contributed by atoms with van der Waals surface area (Å²) in [6, 6.07) is 12.5. The maximum Gasteiger partial charge on any atom is 0.162 e. The van der Waals surface area contributed by atoms with Crippen LogP contribution < -0.4 is 19.9 Å². The van der Waals surface area contributed by atoms with Crippen molar-refractivity contribution < 1.29 is 14.2 Å². The van der Waals surface area contributed by atoms with Gasteiger partial charge in [-0.2, -0.15) is 5.26 Å². The van der Waals surface area contributed by atoms with Crippen molar-refractivity contribution in [1.82, 2.24) is 0 Å².